The highest BCUT2D eigenvalue weighted by atomic mass is 16.6. The van der Waals surface area contributed by atoms with Crippen LogP contribution in [0.15, 0.2) is 60.9 Å². The van der Waals surface area contributed by atoms with Crippen LogP contribution in [-0.4, -0.2) is 43.1 Å². The van der Waals surface area contributed by atoms with Gasteiger partial charge >= 0.3 is 5.97 Å². The van der Waals surface area contributed by atoms with Crippen molar-refractivity contribution in [1.82, 2.24) is 4.98 Å². The van der Waals surface area contributed by atoms with E-state index in [-0.39, 0.29) is 5.69 Å². The van der Waals surface area contributed by atoms with E-state index in [0.29, 0.717) is 27.9 Å². The molecule has 0 bridgehead atoms. The minimum Gasteiger partial charge on any atom is -0.440 e. The lowest BCUT2D eigenvalue weighted by molar-refractivity contribution is -0.386. The first-order valence-electron chi connectivity index (χ1n) is 10.8. The standard InChI is InChI=1S/C25H26N4O4/c1-5-28(6-2)18-9-7-17(8-10-18)25(21-13-14-26-16-20(21)24(30)33-25)22-12-11-19(27(3)4)15-23(22)29(31)32/h7-16H,5-6H2,1-4H3. The van der Waals surface area contributed by atoms with Gasteiger partial charge in [0.05, 0.1) is 16.1 Å². The summed E-state index contributed by atoms with van der Waals surface area (Å²) in [4.78, 5) is 32.7. The molecule has 1 aromatic heterocycles. The van der Waals surface area contributed by atoms with Crippen LogP contribution < -0.4 is 9.80 Å². The number of nitro benzene ring substituents is 1. The molecule has 0 saturated heterocycles. The van der Waals surface area contributed by atoms with Gasteiger partial charge in [0.15, 0.2) is 5.60 Å². The molecule has 0 saturated carbocycles. The minimum absolute atomic E-state index is 0.119. The van der Waals surface area contributed by atoms with Crippen molar-refractivity contribution in [2.24, 2.45) is 0 Å². The van der Waals surface area contributed by atoms with Gasteiger partial charge in [0.2, 0.25) is 0 Å². The summed E-state index contributed by atoms with van der Waals surface area (Å²) in [5.74, 6) is -0.558. The van der Waals surface area contributed by atoms with Crippen molar-refractivity contribution in [1.29, 1.82) is 0 Å². The lowest BCUT2D eigenvalue weighted by atomic mass is 9.79. The van der Waals surface area contributed by atoms with E-state index in [2.05, 4.69) is 23.7 Å². The van der Waals surface area contributed by atoms with Crippen LogP contribution in [0.3, 0.4) is 0 Å². The number of pyridine rings is 1. The summed E-state index contributed by atoms with van der Waals surface area (Å²) >= 11 is 0. The minimum atomic E-state index is -1.45. The van der Waals surface area contributed by atoms with E-state index in [1.54, 1.807) is 29.3 Å². The fourth-order valence-corrected chi connectivity index (χ4v) is 4.43. The summed E-state index contributed by atoms with van der Waals surface area (Å²) < 4.78 is 6.03. The summed E-state index contributed by atoms with van der Waals surface area (Å²) in [5, 5.41) is 12.2. The number of nitrogens with zero attached hydrogens (tertiary/aromatic N) is 4. The Balaban J connectivity index is 2.00. The van der Waals surface area contributed by atoms with E-state index in [0.717, 1.165) is 18.8 Å². The zero-order chi connectivity index (χ0) is 23.8. The highest BCUT2D eigenvalue weighted by molar-refractivity contribution is 5.96. The molecule has 0 radical (unpaired) electrons. The van der Waals surface area contributed by atoms with Gasteiger partial charge in [-0.1, -0.05) is 12.1 Å². The van der Waals surface area contributed by atoms with Gasteiger partial charge in [-0.05, 0) is 44.2 Å². The molecule has 0 N–H and O–H groups in total. The molecule has 8 nitrogen and oxygen atoms in total. The van der Waals surface area contributed by atoms with Crippen LogP contribution in [0.5, 0.6) is 0 Å². The highest BCUT2D eigenvalue weighted by Crippen LogP contribution is 2.50. The summed E-state index contributed by atoms with van der Waals surface area (Å²) in [6, 6.07) is 14.3. The molecule has 0 aliphatic carbocycles. The normalized spacial score (nSPS) is 16.8. The smallest absolute Gasteiger partial charge is 0.341 e. The van der Waals surface area contributed by atoms with E-state index < -0.39 is 16.5 Å². The number of cyclic esters (lactones) is 1. The molecular weight excluding hydrogens is 420 g/mol. The molecule has 170 valence electrons. The predicted molar refractivity (Wildman–Crippen MR) is 127 cm³/mol. The van der Waals surface area contributed by atoms with Gasteiger partial charge in [-0.3, -0.25) is 15.1 Å². The largest absolute Gasteiger partial charge is 0.440 e. The van der Waals surface area contributed by atoms with E-state index >= 15 is 0 Å². The topological polar surface area (TPSA) is 88.8 Å². The molecule has 1 aliphatic rings. The van der Waals surface area contributed by atoms with Gasteiger partial charge in [0.25, 0.3) is 5.69 Å². The van der Waals surface area contributed by atoms with E-state index in [1.807, 2.05) is 38.4 Å². The zero-order valence-corrected chi connectivity index (χ0v) is 19.1. The first-order valence-corrected chi connectivity index (χ1v) is 10.8. The summed E-state index contributed by atoms with van der Waals surface area (Å²) in [7, 11) is 3.63. The molecule has 8 heteroatoms. The molecule has 3 aromatic rings. The van der Waals surface area contributed by atoms with E-state index in [4.69, 9.17) is 4.74 Å². The Morgan fingerprint density at radius 1 is 1.00 bits per heavy atom. The predicted octanol–water partition coefficient (Wildman–Crippen LogP) is 4.36. The number of ether oxygens (including phenoxy) is 1. The molecule has 0 spiro atoms. The lowest BCUT2D eigenvalue weighted by Crippen LogP contribution is -2.31. The van der Waals surface area contributed by atoms with Crippen molar-refractivity contribution in [3.05, 3.63) is 93.3 Å². The fraction of sp³-hybridized carbons (Fsp3) is 0.280. The highest BCUT2D eigenvalue weighted by Gasteiger charge is 2.51. The van der Waals surface area contributed by atoms with Crippen molar-refractivity contribution in [3.8, 4) is 0 Å². The quantitative estimate of drug-likeness (QED) is 0.303. The average molecular weight is 447 g/mol. The van der Waals surface area contributed by atoms with E-state index in [1.165, 1.54) is 12.3 Å². The molecule has 33 heavy (non-hydrogen) atoms. The third-order valence-electron chi connectivity index (χ3n) is 6.14. The number of esters is 1. The number of benzene rings is 2. The number of hydrogen-bond acceptors (Lipinski definition) is 7. The number of aromatic nitrogens is 1. The molecule has 2 aromatic carbocycles. The molecule has 1 aliphatic heterocycles. The van der Waals surface area contributed by atoms with Crippen LogP contribution in [0.1, 0.15) is 40.9 Å². The summed E-state index contributed by atoms with van der Waals surface area (Å²) in [6.45, 7) is 5.86. The summed E-state index contributed by atoms with van der Waals surface area (Å²) in [6.07, 6.45) is 3.02. The average Bonchev–Trinajstić information content (AvgIpc) is 3.13. The van der Waals surface area contributed by atoms with Gasteiger partial charge in [-0.25, -0.2) is 4.79 Å². The van der Waals surface area contributed by atoms with Gasteiger partial charge in [0, 0.05) is 68.1 Å². The van der Waals surface area contributed by atoms with Gasteiger partial charge in [-0.2, -0.15) is 0 Å². The summed E-state index contributed by atoms with van der Waals surface area (Å²) in [5.41, 5.74) is 1.91. The van der Waals surface area contributed by atoms with Crippen LogP contribution >= 0.6 is 0 Å². The maximum Gasteiger partial charge on any atom is 0.341 e. The monoisotopic (exact) mass is 446 g/mol. The van der Waals surface area contributed by atoms with Crippen molar-refractivity contribution in [2.75, 3.05) is 37.0 Å². The number of carbonyl (C=O) groups excluding carboxylic acids is 1. The first-order chi connectivity index (χ1) is 15.8. The lowest BCUT2D eigenvalue weighted by Gasteiger charge is -2.31. The van der Waals surface area contributed by atoms with Gasteiger partial charge in [0.1, 0.15) is 0 Å². The SMILES string of the molecule is CCN(CC)c1ccc(C2(c3ccc(N(C)C)cc3[N+](=O)[O-])OC(=O)c3cnccc32)cc1. The van der Waals surface area contributed by atoms with Gasteiger partial charge in [-0.15, -0.1) is 0 Å². The number of anilines is 2. The number of nitro groups is 1. The second kappa shape index (κ2) is 8.54. The second-order valence-electron chi connectivity index (χ2n) is 8.06. The van der Waals surface area contributed by atoms with Crippen LogP contribution in [0.25, 0.3) is 0 Å². The Bertz CT molecular complexity index is 1210. The maximum absolute atomic E-state index is 12.9. The number of rotatable bonds is 7. The van der Waals surface area contributed by atoms with Crippen LogP contribution in [-0.2, 0) is 10.3 Å². The van der Waals surface area contributed by atoms with Crippen molar-refractivity contribution < 1.29 is 14.5 Å². The Hall–Kier alpha value is -3.94. The van der Waals surface area contributed by atoms with Crippen molar-refractivity contribution in [2.45, 2.75) is 19.4 Å². The molecule has 4 rings (SSSR count). The van der Waals surface area contributed by atoms with Crippen LogP contribution in [0, 0.1) is 10.1 Å². The van der Waals surface area contributed by atoms with Crippen molar-refractivity contribution in [3.63, 3.8) is 0 Å². The molecule has 1 atom stereocenters. The molecule has 0 amide bonds. The Morgan fingerprint density at radius 2 is 1.67 bits per heavy atom. The Morgan fingerprint density at radius 3 is 2.27 bits per heavy atom. The third-order valence-corrected chi connectivity index (χ3v) is 6.14. The maximum atomic E-state index is 12.9. The number of hydrogen-bond donors (Lipinski definition) is 0. The zero-order valence-electron chi connectivity index (χ0n) is 19.1. The number of fused-ring (bicyclic) bond motifs is 1. The van der Waals surface area contributed by atoms with Crippen LogP contribution in [0.4, 0.5) is 17.1 Å². The Kier molecular flexibility index (Phi) is 5.76. The third kappa shape index (κ3) is 3.57. The number of carbonyl (C=O) groups is 1. The Labute approximate surface area is 192 Å². The van der Waals surface area contributed by atoms with Crippen LogP contribution in [0.2, 0.25) is 0 Å². The fourth-order valence-electron chi connectivity index (χ4n) is 4.43. The molecule has 2 heterocycles. The molecule has 1 unspecified atom stereocenters. The first kappa shape index (κ1) is 22.3. The van der Waals surface area contributed by atoms with Crippen molar-refractivity contribution >= 4 is 23.0 Å². The van der Waals surface area contributed by atoms with Gasteiger partial charge < -0.3 is 14.5 Å². The molecular formula is C25H26N4O4. The second-order valence-corrected chi connectivity index (χ2v) is 8.06. The van der Waals surface area contributed by atoms with E-state index in [9.17, 15) is 14.9 Å². The molecule has 0 fully saturated rings.